The topological polar surface area (TPSA) is 97.3 Å². The molecule has 4 aliphatic rings. The van der Waals surface area contributed by atoms with Crippen LogP contribution in [0.15, 0.2) is 29.8 Å². The molecule has 1 aromatic heterocycles. The van der Waals surface area contributed by atoms with Crippen molar-refractivity contribution in [3.05, 3.63) is 35.3 Å². The summed E-state index contributed by atoms with van der Waals surface area (Å²) in [5.41, 5.74) is 3.19. The summed E-state index contributed by atoms with van der Waals surface area (Å²) in [6, 6.07) is 9.13. The third-order valence-corrected chi connectivity index (χ3v) is 7.82. The average Bonchev–Trinajstić information content (AvgIpc) is 3.47. The van der Waals surface area contributed by atoms with E-state index in [9.17, 15) is 0 Å². The van der Waals surface area contributed by atoms with Gasteiger partial charge in [-0.1, -0.05) is 29.5 Å². The largest absolute Gasteiger partial charge is 0.485 e. The molecular weight excluding hydrogens is 444 g/mol. The van der Waals surface area contributed by atoms with Gasteiger partial charge < -0.3 is 24.2 Å². The van der Waals surface area contributed by atoms with Crippen LogP contribution < -0.4 is 9.64 Å². The van der Waals surface area contributed by atoms with E-state index in [0.717, 1.165) is 50.1 Å². The Morgan fingerprint density at radius 1 is 1.18 bits per heavy atom. The Morgan fingerprint density at radius 2 is 1.94 bits per heavy atom. The summed E-state index contributed by atoms with van der Waals surface area (Å²) in [5.74, 6) is 1.63. The minimum Gasteiger partial charge on any atom is -0.485 e. The lowest BCUT2D eigenvalue weighted by Crippen LogP contribution is -2.62. The lowest BCUT2D eigenvalue weighted by molar-refractivity contribution is -0.122. The van der Waals surface area contributed by atoms with Crippen molar-refractivity contribution in [2.75, 3.05) is 50.9 Å². The molecule has 1 aromatic carbocycles. The normalized spacial score (nSPS) is 25.1. The zero-order chi connectivity index (χ0) is 22.7. The Bertz CT molecular complexity index is 911. The fourth-order valence-electron chi connectivity index (χ4n) is 5.33. The molecule has 0 radical (unpaired) electrons. The summed E-state index contributed by atoms with van der Waals surface area (Å²) in [6.07, 6.45) is 3.72. The molecule has 2 aromatic rings. The zero-order valence-electron chi connectivity index (χ0n) is 18.5. The van der Waals surface area contributed by atoms with E-state index in [1.54, 1.807) is 16.8 Å². The van der Waals surface area contributed by atoms with Gasteiger partial charge in [-0.05, 0) is 49.9 Å². The number of aromatic nitrogens is 2. The smallest absolute Gasteiger partial charge is 0.290 e. The summed E-state index contributed by atoms with van der Waals surface area (Å²) < 4.78 is 17.8. The van der Waals surface area contributed by atoms with Crippen molar-refractivity contribution in [3.63, 3.8) is 0 Å². The minimum atomic E-state index is -0.250. The molecule has 0 unspecified atom stereocenters. The molecule has 0 aliphatic carbocycles. The number of ether oxygens (including phenoxy) is 3. The van der Waals surface area contributed by atoms with E-state index < -0.39 is 0 Å². The molecule has 6 rings (SSSR count). The summed E-state index contributed by atoms with van der Waals surface area (Å²) in [4.78, 5) is 13.3. The SMILES string of the molecule is O=CO.c1ccc(C2CCN([C@@H]3COC4(C3)CN(c3nncs3)C4)CC2)c(OC2COC2)c1. The minimum absolute atomic E-state index is 0.0263. The highest BCUT2D eigenvalue weighted by atomic mass is 32.1. The van der Waals surface area contributed by atoms with Gasteiger partial charge in [-0.3, -0.25) is 9.69 Å². The van der Waals surface area contributed by atoms with Crippen molar-refractivity contribution >= 4 is 22.9 Å². The van der Waals surface area contributed by atoms with Gasteiger partial charge in [-0.25, -0.2) is 0 Å². The first-order valence-corrected chi connectivity index (χ1v) is 12.4. The Kier molecular flexibility index (Phi) is 6.77. The van der Waals surface area contributed by atoms with Gasteiger partial charge in [-0.15, -0.1) is 10.2 Å². The molecule has 0 bridgehead atoms. The maximum Gasteiger partial charge on any atom is 0.290 e. The molecule has 1 atom stereocenters. The maximum absolute atomic E-state index is 8.36. The van der Waals surface area contributed by atoms with Crippen LogP contribution in [0.2, 0.25) is 0 Å². The third-order valence-electron chi connectivity index (χ3n) is 7.07. The van der Waals surface area contributed by atoms with Crippen LogP contribution in [0.1, 0.15) is 30.7 Å². The van der Waals surface area contributed by atoms with Gasteiger partial charge in [0.25, 0.3) is 6.47 Å². The summed E-state index contributed by atoms with van der Waals surface area (Å²) in [5, 5.41) is 16.0. The number of anilines is 1. The summed E-state index contributed by atoms with van der Waals surface area (Å²) in [7, 11) is 0. The molecule has 0 saturated carbocycles. The molecule has 0 amide bonds. The van der Waals surface area contributed by atoms with E-state index in [1.807, 2.05) is 0 Å². The quantitative estimate of drug-likeness (QED) is 0.654. The van der Waals surface area contributed by atoms with Crippen molar-refractivity contribution in [1.82, 2.24) is 15.1 Å². The molecule has 4 fully saturated rings. The Labute approximate surface area is 197 Å². The molecule has 5 heterocycles. The molecule has 178 valence electrons. The van der Waals surface area contributed by atoms with Crippen LogP contribution in [-0.2, 0) is 14.3 Å². The van der Waals surface area contributed by atoms with Crippen LogP contribution in [0, 0.1) is 0 Å². The molecule has 1 spiro atoms. The van der Waals surface area contributed by atoms with Crippen LogP contribution in [0.4, 0.5) is 5.13 Å². The number of para-hydroxylation sites is 1. The van der Waals surface area contributed by atoms with Gasteiger partial charge in [0.05, 0.1) is 32.9 Å². The van der Waals surface area contributed by atoms with E-state index in [4.69, 9.17) is 24.1 Å². The first kappa shape index (κ1) is 22.5. The maximum atomic E-state index is 8.36. The van der Waals surface area contributed by atoms with E-state index in [1.165, 1.54) is 18.4 Å². The Morgan fingerprint density at radius 3 is 2.61 bits per heavy atom. The van der Waals surface area contributed by atoms with E-state index >= 15 is 0 Å². The second-order valence-electron chi connectivity index (χ2n) is 9.16. The molecule has 9 nitrogen and oxygen atoms in total. The number of benzene rings is 1. The van der Waals surface area contributed by atoms with Gasteiger partial charge in [0, 0.05) is 6.04 Å². The lowest BCUT2D eigenvalue weighted by atomic mass is 9.86. The number of rotatable bonds is 5. The van der Waals surface area contributed by atoms with Crippen molar-refractivity contribution in [1.29, 1.82) is 0 Å². The number of carbonyl (C=O) groups is 1. The highest BCUT2D eigenvalue weighted by Crippen LogP contribution is 2.41. The van der Waals surface area contributed by atoms with Gasteiger partial charge >= 0.3 is 0 Å². The standard InChI is InChI=1S/C22H28N4O3S.CH2O2/c1-2-4-20(29-18-11-27-12-18)19(3-1)16-5-7-25(8-6-16)17-9-22(28-10-17)13-26(14-22)21-24-23-15-30-21;2-1-3/h1-4,15-18H,5-14H2;1H,(H,2,3)/t17-;/m0./s1. The van der Waals surface area contributed by atoms with E-state index in [0.29, 0.717) is 25.2 Å². The second-order valence-corrected chi connectivity index (χ2v) is 9.97. The van der Waals surface area contributed by atoms with Gasteiger partial charge in [0.2, 0.25) is 5.13 Å². The van der Waals surface area contributed by atoms with Crippen LogP contribution >= 0.6 is 11.3 Å². The van der Waals surface area contributed by atoms with Crippen molar-refractivity contribution in [2.24, 2.45) is 0 Å². The fraction of sp³-hybridized carbons (Fsp3) is 0.609. The number of hydrogen-bond acceptors (Lipinski definition) is 9. The van der Waals surface area contributed by atoms with Crippen LogP contribution in [-0.4, -0.2) is 90.4 Å². The second kappa shape index (κ2) is 9.92. The number of nitrogens with zero attached hydrogens (tertiary/aromatic N) is 4. The van der Waals surface area contributed by atoms with Crippen LogP contribution in [0.25, 0.3) is 0 Å². The van der Waals surface area contributed by atoms with Crippen molar-refractivity contribution in [3.8, 4) is 5.75 Å². The predicted octanol–water partition coefficient (Wildman–Crippen LogP) is 2.24. The molecular formula is C23H30N4O5S. The Balaban J connectivity index is 0.000000724. The fourth-order valence-corrected chi connectivity index (χ4v) is 5.89. The van der Waals surface area contributed by atoms with E-state index in [2.05, 4.69) is 44.3 Å². The molecule has 4 aliphatic heterocycles. The van der Waals surface area contributed by atoms with Gasteiger partial charge in [0.15, 0.2) is 0 Å². The molecule has 4 saturated heterocycles. The van der Waals surface area contributed by atoms with Crippen molar-refractivity contribution in [2.45, 2.75) is 42.9 Å². The first-order valence-electron chi connectivity index (χ1n) is 11.5. The highest BCUT2D eigenvalue weighted by molar-refractivity contribution is 7.13. The van der Waals surface area contributed by atoms with E-state index in [-0.39, 0.29) is 18.2 Å². The summed E-state index contributed by atoms with van der Waals surface area (Å²) in [6.45, 7) is 6.20. The van der Waals surface area contributed by atoms with Gasteiger partial charge in [0.1, 0.15) is 23.0 Å². The van der Waals surface area contributed by atoms with Crippen LogP contribution in [0.5, 0.6) is 5.75 Å². The van der Waals surface area contributed by atoms with Gasteiger partial charge in [-0.2, -0.15) is 0 Å². The lowest BCUT2D eigenvalue weighted by Gasteiger charge is -2.47. The zero-order valence-corrected chi connectivity index (χ0v) is 19.4. The molecule has 33 heavy (non-hydrogen) atoms. The molecule has 1 N–H and O–H groups in total. The number of carboxylic acid groups (broad SMARTS) is 1. The number of hydrogen-bond donors (Lipinski definition) is 1. The Hall–Kier alpha value is -2.27. The highest BCUT2D eigenvalue weighted by Gasteiger charge is 2.51. The summed E-state index contributed by atoms with van der Waals surface area (Å²) >= 11 is 1.61. The average molecular weight is 475 g/mol. The molecule has 10 heteroatoms. The number of piperidine rings is 1. The van der Waals surface area contributed by atoms with Crippen molar-refractivity contribution < 1.29 is 24.1 Å². The van der Waals surface area contributed by atoms with Crippen LogP contribution in [0.3, 0.4) is 0 Å². The number of likely N-dealkylation sites (tertiary alicyclic amines) is 1. The monoisotopic (exact) mass is 474 g/mol. The first-order chi connectivity index (χ1) is 16.2. The predicted molar refractivity (Wildman–Crippen MR) is 123 cm³/mol. The third kappa shape index (κ3) is 4.84.